The highest BCUT2D eigenvalue weighted by molar-refractivity contribution is 9.10. The molecule has 0 fully saturated rings. The average molecular weight is 359 g/mol. The minimum absolute atomic E-state index is 0.323. The fourth-order valence-corrected chi connectivity index (χ4v) is 2.22. The summed E-state index contributed by atoms with van der Waals surface area (Å²) < 4.78 is 19.4. The quantitative estimate of drug-likeness (QED) is 0.798. The van der Waals surface area contributed by atoms with Crippen molar-refractivity contribution in [2.24, 2.45) is 0 Å². The van der Waals surface area contributed by atoms with Gasteiger partial charge in [0.05, 0.1) is 4.47 Å². The standard InChI is InChI=1S/C15H14BrClFNO/c1-2-19-9-10-3-4-11(17)7-15(10)20-12-5-6-14(18)13(16)8-12/h3-8,19H,2,9H2,1H3. The Labute approximate surface area is 131 Å². The third-order valence-electron chi connectivity index (χ3n) is 2.71. The van der Waals surface area contributed by atoms with Gasteiger partial charge in [-0.1, -0.05) is 24.6 Å². The summed E-state index contributed by atoms with van der Waals surface area (Å²) in [5.41, 5.74) is 0.997. The molecule has 2 nitrogen and oxygen atoms in total. The number of nitrogens with one attached hydrogen (secondary N) is 1. The number of hydrogen-bond donors (Lipinski definition) is 1. The van der Waals surface area contributed by atoms with E-state index in [0.29, 0.717) is 27.5 Å². The van der Waals surface area contributed by atoms with E-state index in [4.69, 9.17) is 16.3 Å². The molecule has 0 aliphatic rings. The van der Waals surface area contributed by atoms with Crippen molar-refractivity contribution >= 4 is 27.5 Å². The van der Waals surface area contributed by atoms with Crippen molar-refractivity contribution < 1.29 is 9.13 Å². The van der Waals surface area contributed by atoms with Crippen molar-refractivity contribution in [1.29, 1.82) is 0 Å². The summed E-state index contributed by atoms with van der Waals surface area (Å²) in [4.78, 5) is 0. The van der Waals surface area contributed by atoms with E-state index in [-0.39, 0.29) is 5.82 Å². The number of rotatable bonds is 5. The van der Waals surface area contributed by atoms with Crippen LogP contribution < -0.4 is 10.1 Å². The first-order chi connectivity index (χ1) is 9.60. The van der Waals surface area contributed by atoms with Crippen molar-refractivity contribution in [3.05, 3.63) is 57.3 Å². The van der Waals surface area contributed by atoms with Gasteiger partial charge in [0.25, 0.3) is 0 Å². The fourth-order valence-electron chi connectivity index (χ4n) is 1.70. The molecule has 0 saturated carbocycles. The number of hydrogen-bond acceptors (Lipinski definition) is 2. The number of ether oxygens (including phenoxy) is 1. The Bertz CT molecular complexity index is 606. The van der Waals surface area contributed by atoms with E-state index >= 15 is 0 Å². The molecule has 0 spiro atoms. The predicted molar refractivity (Wildman–Crippen MR) is 83.0 cm³/mol. The summed E-state index contributed by atoms with van der Waals surface area (Å²) >= 11 is 9.14. The molecule has 0 amide bonds. The lowest BCUT2D eigenvalue weighted by Gasteiger charge is -2.12. The maximum Gasteiger partial charge on any atom is 0.137 e. The Kier molecular flexibility index (Phi) is 5.40. The molecule has 20 heavy (non-hydrogen) atoms. The summed E-state index contributed by atoms with van der Waals surface area (Å²) in [7, 11) is 0. The molecule has 5 heteroatoms. The molecule has 0 bridgehead atoms. The Morgan fingerprint density at radius 3 is 2.75 bits per heavy atom. The molecule has 2 rings (SSSR count). The van der Waals surface area contributed by atoms with Crippen LogP contribution in [0.4, 0.5) is 4.39 Å². The zero-order valence-electron chi connectivity index (χ0n) is 10.9. The van der Waals surface area contributed by atoms with Crippen LogP contribution in [0, 0.1) is 5.82 Å². The molecular formula is C15H14BrClFNO. The van der Waals surface area contributed by atoms with Crippen LogP contribution in [0.3, 0.4) is 0 Å². The van der Waals surface area contributed by atoms with Gasteiger partial charge in [-0.25, -0.2) is 4.39 Å². The highest BCUT2D eigenvalue weighted by Crippen LogP contribution is 2.30. The molecule has 0 aliphatic heterocycles. The molecular weight excluding hydrogens is 345 g/mol. The first-order valence-electron chi connectivity index (χ1n) is 6.22. The lowest BCUT2D eigenvalue weighted by atomic mass is 10.2. The molecule has 1 N–H and O–H groups in total. The van der Waals surface area contributed by atoms with Crippen LogP contribution in [0.15, 0.2) is 40.9 Å². The Balaban J connectivity index is 2.26. The van der Waals surface area contributed by atoms with Gasteiger partial charge in [-0.15, -0.1) is 0 Å². The van der Waals surface area contributed by atoms with Crippen LogP contribution in [0.5, 0.6) is 11.5 Å². The molecule has 0 radical (unpaired) electrons. The lowest BCUT2D eigenvalue weighted by Crippen LogP contribution is -2.12. The second kappa shape index (κ2) is 7.07. The molecule has 106 valence electrons. The maximum atomic E-state index is 13.2. The smallest absolute Gasteiger partial charge is 0.137 e. The van der Waals surface area contributed by atoms with Gasteiger partial charge in [0.15, 0.2) is 0 Å². The monoisotopic (exact) mass is 357 g/mol. The van der Waals surface area contributed by atoms with Gasteiger partial charge in [-0.2, -0.15) is 0 Å². The van der Waals surface area contributed by atoms with E-state index < -0.39 is 0 Å². The summed E-state index contributed by atoms with van der Waals surface area (Å²) in [6.07, 6.45) is 0. The number of benzene rings is 2. The molecule has 0 heterocycles. The van der Waals surface area contributed by atoms with E-state index in [1.165, 1.54) is 6.07 Å². The zero-order chi connectivity index (χ0) is 14.5. The van der Waals surface area contributed by atoms with E-state index in [0.717, 1.165) is 12.1 Å². The number of halogens is 3. The fraction of sp³-hybridized carbons (Fsp3) is 0.200. The minimum Gasteiger partial charge on any atom is -0.457 e. The topological polar surface area (TPSA) is 21.3 Å². The Morgan fingerprint density at radius 1 is 1.25 bits per heavy atom. The maximum absolute atomic E-state index is 13.2. The molecule has 0 atom stereocenters. The van der Waals surface area contributed by atoms with E-state index in [1.807, 2.05) is 19.1 Å². The van der Waals surface area contributed by atoms with E-state index in [1.54, 1.807) is 18.2 Å². The van der Waals surface area contributed by atoms with Crippen LogP contribution in [0.25, 0.3) is 0 Å². The van der Waals surface area contributed by atoms with Gasteiger partial charge in [-0.05, 0) is 52.8 Å². The lowest BCUT2D eigenvalue weighted by molar-refractivity contribution is 0.471. The highest BCUT2D eigenvalue weighted by Gasteiger charge is 2.08. The third-order valence-corrected chi connectivity index (χ3v) is 3.56. The van der Waals surface area contributed by atoms with Crippen LogP contribution in [-0.2, 0) is 6.54 Å². The largest absolute Gasteiger partial charge is 0.457 e. The predicted octanol–water partition coefficient (Wildman–Crippen LogP) is 5.14. The zero-order valence-corrected chi connectivity index (χ0v) is 13.3. The summed E-state index contributed by atoms with van der Waals surface area (Å²) in [6, 6.07) is 10.0. The average Bonchev–Trinajstić information content (AvgIpc) is 2.42. The van der Waals surface area contributed by atoms with Crippen molar-refractivity contribution in [3.8, 4) is 11.5 Å². The molecule has 0 aromatic heterocycles. The molecule has 0 saturated heterocycles. The van der Waals surface area contributed by atoms with Gasteiger partial charge in [-0.3, -0.25) is 0 Å². The normalized spacial score (nSPS) is 10.6. The van der Waals surface area contributed by atoms with Crippen molar-refractivity contribution in [2.45, 2.75) is 13.5 Å². The van der Waals surface area contributed by atoms with Gasteiger partial charge in [0.1, 0.15) is 17.3 Å². The molecule has 2 aromatic rings. The summed E-state index contributed by atoms with van der Waals surface area (Å²) in [6.45, 7) is 3.59. The molecule has 0 aliphatic carbocycles. The van der Waals surface area contributed by atoms with E-state index in [9.17, 15) is 4.39 Å². The van der Waals surface area contributed by atoms with Gasteiger partial charge in [0, 0.05) is 17.1 Å². The molecule has 2 aromatic carbocycles. The van der Waals surface area contributed by atoms with Crippen molar-refractivity contribution in [2.75, 3.05) is 6.54 Å². The second-order valence-electron chi connectivity index (χ2n) is 4.21. The van der Waals surface area contributed by atoms with Crippen LogP contribution in [0.2, 0.25) is 5.02 Å². The highest BCUT2D eigenvalue weighted by atomic mass is 79.9. The third kappa shape index (κ3) is 3.95. The van der Waals surface area contributed by atoms with Gasteiger partial charge < -0.3 is 10.1 Å². The Hall–Kier alpha value is -1.10. The minimum atomic E-state index is -0.323. The molecule has 0 unspecified atom stereocenters. The Morgan fingerprint density at radius 2 is 2.05 bits per heavy atom. The van der Waals surface area contributed by atoms with Crippen LogP contribution in [-0.4, -0.2) is 6.54 Å². The van der Waals surface area contributed by atoms with Crippen LogP contribution in [0.1, 0.15) is 12.5 Å². The van der Waals surface area contributed by atoms with Gasteiger partial charge >= 0.3 is 0 Å². The van der Waals surface area contributed by atoms with Crippen molar-refractivity contribution in [1.82, 2.24) is 5.32 Å². The van der Waals surface area contributed by atoms with Gasteiger partial charge in [0.2, 0.25) is 0 Å². The van der Waals surface area contributed by atoms with Crippen molar-refractivity contribution in [3.63, 3.8) is 0 Å². The summed E-state index contributed by atoms with van der Waals surface area (Å²) in [5, 5.41) is 3.84. The second-order valence-corrected chi connectivity index (χ2v) is 5.50. The SMILES string of the molecule is CCNCc1ccc(Cl)cc1Oc1ccc(F)c(Br)c1. The summed E-state index contributed by atoms with van der Waals surface area (Å²) in [5.74, 6) is 0.895. The first-order valence-corrected chi connectivity index (χ1v) is 7.39. The van der Waals surface area contributed by atoms with Crippen LogP contribution >= 0.6 is 27.5 Å². The first kappa shape index (κ1) is 15.3. The van der Waals surface area contributed by atoms with E-state index in [2.05, 4.69) is 21.2 Å².